The highest BCUT2D eigenvalue weighted by atomic mass is 16.3. The van der Waals surface area contributed by atoms with E-state index in [4.69, 9.17) is 5.73 Å². The van der Waals surface area contributed by atoms with Gasteiger partial charge in [0.15, 0.2) is 11.4 Å². The Labute approximate surface area is 150 Å². The second kappa shape index (κ2) is 5.78. The molecule has 6 nitrogen and oxygen atoms in total. The Morgan fingerprint density at radius 1 is 1.15 bits per heavy atom. The van der Waals surface area contributed by atoms with Crippen LogP contribution >= 0.6 is 0 Å². The molecule has 26 heavy (non-hydrogen) atoms. The molecule has 0 saturated heterocycles. The zero-order valence-corrected chi connectivity index (χ0v) is 14.0. The summed E-state index contributed by atoms with van der Waals surface area (Å²) < 4.78 is 0. The van der Waals surface area contributed by atoms with Gasteiger partial charge in [-0.3, -0.25) is 19.3 Å². The van der Waals surface area contributed by atoms with Gasteiger partial charge in [0.25, 0.3) is 5.91 Å². The molecule has 2 amide bonds. The number of aliphatic hydroxyl groups is 1. The average Bonchev–Trinajstić information content (AvgIpc) is 2.85. The molecule has 0 radical (unpaired) electrons. The highest BCUT2D eigenvalue weighted by Gasteiger charge is 2.57. The highest BCUT2D eigenvalue weighted by molar-refractivity contribution is 6.13. The molecule has 3 N–H and O–H groups in total. The number of carbonyl (C=O) groups is 3. The van der Waals surface area contributed by atoms with Crippen LogP contribution in [-0.2, 0) is 21.6 Å². The molecule has 6 heteroatoms. The molecule has 0 saturated carbocycles. The second-order valence-electron chi connectivity index (χ2n) is 6.75. The Balaban J connectivity index is 1.82. The lowest BCUT2D eigenvalue weighted by Crippen LogP contribution is -2.51. The van der Waals surface area contributed by atoms with E-state index < -0.39 is 23.3 Å². The Morgan fingerprint density at radius 2 is 1.85 bits per heavy atom. The van der Waals surface area contributed by atoms with E-state index in [0.29, 0.717) is 29.7 Å². The maximum absolute atomic E-state index is 13.1. The third-order valence-corrected chi connectivity index (χ3v) is 5.30. The fourth-order valence-corrected chi connectivity index (χ4v) is 4.11. The Kier molecular flexibility index (Phi) is 3.66. The van der Waals surface area contributed by atoms with Crippen molar-refractivity contribution in [1.82, 2.24) is 0 Å². The van der Waals surface area contributed by atoms with Crippen molar-refractivity contribution in [2.24, 2.45) is 11.7 Å². The van der Waals surface area contributed by atoms with Gasteiger partial charge in [-0.2, -0.15) is 0 Å². The van der Waals surface area contributed by atoms with Gasteiger partial charge in [-0.15, -0.1) is 0 Å². The largest absolute Gasteiger partial charge is 0.375 e. The minimum Gasteiger partial charge on any atom is -0.375 e. The summed E-state index contributed by atoms with van der Waals surface area (Å²) in [5.41, 5.74) is 5.51. The van der Waals surface area contributed by atoms with Gasteiger partial charge in [0.05, 0.1) is 11.6 Å². The van der Waals surface area contributed by atoms with E-state index in [-0.39, 0.29) is 12.3 Å². The fraction of sp³-hybridized carbons (Fsp3) is 0.250. The number of ketones is 1. The van der Waals surface area contributed by atoms with Crippen LogP contribution in [0, 0.1) is 5.92 Å². The molecule has 132 valence electrons. The summed E-state index contributed by atoms with van der Waals surface area (Å²) in [4.78, 5) is 38.7. The quantitative estimate of drug-likeness (QED) is 0.867. The highest BCUT2D eigenvalue weighted by Crippen LogP contribution is 2.48. The first-order valence-corrected chi connectivity index (χ1v) is 8.49. The smallest absolute Gasteiger partial charge is 0.264 e. The molecular weight excluding hydrogens is 332 g/mol. The predicted molar refractivity (Wildman–Crippen MR) is 94.5 cm³/mol. The SMILES string of the molecule is NC(=O)CN1C(=O)[C@](O)([C@@H]2CCc3ccccc3C2=O)c2ccccc21. The second-order valence-corrected chi connectivity index (χ2v) is 6.75. The molecule has 2 aromatic rings. The maximum atomic E-state index is 13.1. The van der Waals surface area contributed by atoms with Gasteiger partial charge in [0, 0.05) is 11.1 Å². The molecule has 1 aliphatic carbocycles. The van der Waals surface area contributed by atoms with Crippen LogP contribution < -0.4 is 10.6 Å². The number of anilines is 1. The minimum absolute atomic E-state index is 0.251. The number of hydrogen-bond acceptors (Lipinski definition) is 4. The average molecular weight is 350 g/mol. The van der Waals surface area contributed by atoms with Crippen LogP contribution in [0.3, 0.4) is 0 Å². The van der Waals surface area contributed by atoms with Gasteiger partial charge in [0.1, 0.15) is 6.54 Å². The van der Waals surface area contributed by atoms with E-state index >= 15 is 0 Å². The first-order chi connectivity index (χ1) is 12.4. The first kappa shape index (κ1) is 16.5. The van der Waals surface area contributed by atoms with E-state index in [9.17, 15) is 19.5 Å². The molecule has 4 rings (SSSR count). The third-order valence-electron chi connectivity index (χ3n) is 5.30. The fourth-order valence-electron chi connectivity index (χ4n) is 4.11. The first-order valence-electron chi connectivity index (χ1n) is 8.49. The number of fused-ring (bicyclic) bond motifs is 2. The summed E-state index contributed by atoms with van der Waals surface area (Å²) >= 11 is 0. The minimum atomic E-state index is -1.99. The molecule has 2 aromatic carbocycles. The number of rotatable bonds is 3. The van der Waals surface area contributed by atoms with Gasteiger partial charge < -0.3 is 10.8 Å². The zero-order chi connectivity index (χ0) is 18.5. The lowest BCUT2D eigenvalue weighted by molar-refractivity contribution is -0.141. The molecule has 1 heterocycles. The van der Waals surface area contributed by atoms with Gasteiger partial charge in [0.2, 0.25) is 5.91 Å². The summed E-state index contributed by atoms with van der Waals surface area (Å²) in [5, 5.41) is 11.5. The Hall–Kier alpha value is -2.99. The summed E-state index contributed by atoms with van der Waals surface area (Å²) in [6, 6.07) is 13.9. The number of Topliss-reactive ketones (excluding diaryl/α,β-unsaturated/α-hetero) is 1. The molecule has 2 aliphatic rings. The van der Waals surface area contributed by atoms with Crippen molar-refractivity contribution in [1.29, 1.82) is 0 Å². The summed E-state index contributed by atoms with van der Waals surface area (Å²) in [7, 11) is 0. The predicted octanol–water partition coefficient (Wildman–Crippen LogP) is 1.15. The van der Waals surface area contributed by atoms with Crippen LogP contribution in [0.5, 0.6) is 0 Å². The van der Waals surface area contributed by atoms with Gasteiger partial charge in [-0.05, 0) is 24.5 Å². The summed E-state index contributed by atoms with van der Waals surface area (Å²) in [5.74, 6) is -2.50. The number of primary amides is 1. The van der Waals surface area contributed by atoms with E-state index in [1.54, 1.807) is 36.4 Å². The zero-order valence-electron chi connectivity index (χ0n) is 14.0. The maximum Gasteiger partial charge on any atom is 0.264 e. The molecular formula is C20H18N2O4. The molecule has 0 aromatic heterocycles. The summed E-state index contributed by atoms with van der Waals surface area (Å²) in [6.07, 6.45) is 0.955. The molecule has 0 bridgehead atoms. The van der Waals surface area contributed by atoms with Gasteiger partial charge in [-0.25, -0.2) is 0 Å². The van der Waals surface area contributed by atoms with E-state index in [1.165, 1.54) is 4.90 Å². The number of carbonyl (C=O) groups excluding carboxylic acids is 3. The van der Waals surface area contributed by atoms with Crippen molar-refractivity contribution in [3.63, 3.8) is 0 Å². The molecule has 1 aliphatic heterocycles. The number of benzene rings is 2. The van der Waals surface area contributed by atoms with E-state index in [2.05, 4.69) is 0 Å². The van der Waals surface area contributed by atoms with Crippen LogP contribution in [0.15, 0.2) is 48.5 Å². The Bertz CT molecular complexity index is 939. The topological polar surface area (TPSA) is 101 Å². The lowest BCUT2D eigenvalue weighted by Gasteiger charge is -2.34. The number of hydrogen-bond donors (Lipinski definition) is 2. The van der Waals surface area contributed by atoms with E-state index in [1.807, 2.05) is 12.1 Å². The number of nitrogens with two attached hydrogens (primary N) is 1. The van der Waals surface area contributed by atoms with Gasteiger partial charge in [-0.1, -0.05) is 42.5 Å². The monoisotopic (exact) mass is 350 g/mol. The molecule has 0 spiro atoms. The van der Waals surface area contributed by atoms with Crippen molar-refractivity contribution in [3.05, 3.63) is 65.2 Å². The van der Waals surface area contributed by atoms with Crippen molar-refractivity contribution in [2.45, 2.75) is 18.4 Å². The Morgan fingerprint density at radius 3 is 2.62 bits per heavy atom. The number of para-hydroxylation sites is 1. The third kappa shape index (κ3) is 2.19. The lowest BCUT2D eigenvalue weighted by atomic mass is 9.71. The normalized spacial score (nSPS) is 24.3. The summed E-state index contributed by atoms with van der Waals surface area (Å²) in [6.45, 7) is -0.338. The van der Waals surface area contributed by atoms with Crippen LogP contribution in [0.2, 0.25) is 0 Å². The van der Waals surface area contributed by atoms with Crippen molar-refractivity contribution in [2.75, 3.05) is 11.4 Å². The van der Waals surface area contributed by atoms with E-state index in [0.717, 1.165) is 5.56 Å². The molecule has 2 atom stereocenters. The van der Waals surface area contributed by atoms with Crippen LogP contribution in [0.25, 0.3) is 0 Å². The van der Waals surface area contributed by atoms with Crippen LogP contribution in [0.4, 0.5) is 5.69 Å². The number of amides is 2. The standard InChI is InChI=1S/C20H18N2O4/c21-17(23)11-22-16-8-4-3-7-14(16)20(26,19(22)25)15-10-9-12-5-1-2-6-13(12)18(15)24/h1-8,15,26H,9-11H2,(H2,21,23)/t15-,20-/m1/s1. The van der Waals surface area contributed by atoms with Crippen molar-refractivity contribution < 1.29 is 19.5 Å². The van der Waals surface area contributed by atoms with Crippen LogP contribution in [-0.4, -0.2) is 29.2 Å². The van der Waals surface area contributed by atoms with Crippen molar-refractivity contribution in [3.8, 4) is 0 Å². The van der Waals surface area contributed by atoms with Gasteiger partial charge >= 0.3 is 0 Å². The number of aryl methyl sites for hydroxylation is 1. The number of nitrogens with zero attached hydrogens (tertiary/aromatic N) is 1. The molecule has 0 fully saturated rings. The van der Waals surface area contributed by atoms with Crippen molar-refractivity contribution >= 4 is 23.3 Å². The molecule has 0 unspecified atom stereocenters. The van der Waals surface area contributed by atoms with Crippen LogP contribution in [0.1, 0.15) is 27.9 Å².